The molecule has 0 spiro atoms. The highest BCUT2D eigenvalue weighted by Crippen LogP contribution is 2.45. The standard InChI is InChI=1S/C35H28O12S3/c1-20-10-13-24(17-29(20)36)48(39,40)45-32-8-5-7-27-28(32)16-23-6-4-9-33(46-49(41,42)25-14-11-21(2)30(37)18-25)34(23)35(27)47-50(43,44)26-15-12-22(3)31(38)19-26/h4-19,36-38H,1-3H3. The van der Waals surface area contributed by atoms with Crippen LogP contribution in [0, 0.1) is 20.8 Å². The quantitative estimate of drug-likeness (QED) is 0.110. The van der Waals surface area contributed by atoms with Crippen LogP contribution in [0.1, 0.15) is 16.7 Å². The minimum absolute atomic E-state index is 0.0155. The van der Waals surface area contributed by atoms with Gasteiger partial charge in [0.05, 0.1) is 5.39 Å². The summed E-state index contributed by atoms with van der Waals surface area (Å²) in [5, 5.41) is 30.6. The van der Waals surface area contributed by atoms with E-state index in [1.807, 2.05) is 0 Å². The van der Waals surface area contributed by atoms with Gasteiger partial charge >= 0.3 is 30.4 Å². The summed E-state index contributed by atoms with van der Waals surface area (Å²) < 4.78 is 97.7. The highest BCUT2D eigenvalue weighted by atomic mass is 32.2. The van der Waals surface area contributed by atoms with Gasteiger partial charge in [0.15, 0.2) is 17.2 Å². The SMILES string of the molecule is Cc1ccc(S(=O)(=O)Oc2cccc3c(OS(=O)(=O)c4ccc(C)c(O)c4)c4c(OS(=O)(=O)c5ccc(C)c(O)c5)cccc4cc23)cc1O. The molecule has 0 amide bonds. The Morgan fingerprint density at radius 1 is 0.460 bits per heavy atom. The van der Waals surface area contributed by atoms with Crippen LogP contribution >= 0.6 is 0 Å². The van der Waals surface area contributed by atoms with Crippen molar-refractivity contribution in [3.8, 4) is 34.5 Å². The van der Waals surface area contributed by atoms with Gasteiger partial charge in [-0.2, -0.15) is 25.3 Å². The van der Waals surface area contributed by atoms with E-state index in [1.165, 1.54) is 78.9 Å². The molecule has 0 radical (unpaired) electrons. The van der Waals surface area contributed by atoms with Gasteiger partial charge in [0.25, 0.3) is 0 Å². The van der Waals surface area contributed by atoms with Gasteiger partial charge < -0.3 is 27.9 Å². The van der Waals surface area contributed by atoms with Crippen LogP contribution in [-0.4, -0.2) is 40.6 Å². The largest absolute Gasteiger partial charge is 0.508 e. The highest BCUT2D eigenvalue weighted by Gasteiger charge is 2.28. The molecular weight excluding hydrogens is 709 g/mol. The lowest BCUT2D eigenvalue weighted by atomic mass is 10.0. The fourth-order valence-corrected chi connectivity index (χ4v) is 7.96. The van der Waals surface area contributed by atoms with Crippen LogP contribution in [0.5, 0.6) is 34.5 Å². The van der Waals surface area contributed by atoms with E-state index in [0.717, 1.165) is 18.2 Å². The monoisotopic (exact) mass is 736 g/mol. The van der Waals surface area contributed by atoms with Crippen LogP contribution in [0.3, 0.4) is 0 Å². The number of aromatic hydroxyl groups is 3. The zero-order chi connectivity index (χ0) is 36.2. The summed E-state index contributed by atoms with van der Waals surface area (Å²) in [5.74, 6) is -1.92. The van der Waals surface area contributed by atoms with Gasteiger partial charge in [0, 0.05) is 29.0 Å². The summed E-state index contributed by atoms with van der Waals surface area (Å²) in [5.41, 5.74) is 1.25. The van der Waals surface area contributed by atoms with Crippen molar-refractivity contribution in [2.75, 3.05) is 0 Å². The maximum atomic E-state index is 13.7. The Morgan fingerprint density at radius 2 is 0.880 bits per heavy atom. The molecule has 0 heterocycles. The van der Waals surface area contributed by atoms with E-state index in [1.54, 1.807) is 20.8 Å². The van der Waals surface area contributed by atoms with E-state index in [0.29, 0.717) is 16.7 Å². The predicted octanol–water partition coefficient (Wildman–Crippen LogP) is 6.34. The van der Waals surface area contributed by atoms with Gasteiger partial charge in [-0.05, 0) is 79.2 Å². The number of fused-ring (bicyclic) bond motifs is 2. The van der Waals surface area contributed by atoms with Crippen molar-refractivity contribution >= 4 is 51.9 Å². The molecule has 3 N–H and O–H groups in total. The number of phenolic OH excluding ortho intramolecular Hbond substituents is 3. The normalized spacial score (nSPS) is 12.2. The Balaban J connectivity index is 1.58. The van der Waals surface area contributed by atoms with Crippen molar-refractivity contribution in [1.82, 2.24) is 0 Å². The molecular formula is C35H28O12S3. The molecule has 15 heteroatoms. The van der Waals surface area contributed by atoms with Gasteiger partial charge in [-0.25, -0.2) is 0 Å². The average molecular weight is 737 g/mol. The fourth-order valence-electron chi connectivity index (χ4n) is 5.05. The van der Waals surface area contributed by atoms with Gasteiger partial charge in [0.1, 0.15) is 31.9 Å². The zero-order valence-corrected chi connectivity index (χ0v) is 28.9. The second-order valence-corrected chi connectivity index (χ2v) is 16.0. The van der Waals surface area contributed by atoms with Crippen LogP contribution in [0.25, 0.3) is 21.5 Å². The maximum Gasteiger partial charge on any atom is 0.339 e. The highest BCUT2D eigenvalue weighted by molar-refractivity contribution is 7.87. The molecule has 0 unspecified atom stereocenters. The summed E-state index contributed by atoms with van der Waals surface area (Å²) in [7, 11) is -13.9. The number of aryl methyl sites for hydroxylation is 3. The third-order valence-corrected chi connectivity index (χ3v) is 11.6. The summed E-state index contributed by atoms with van der Waals surface area (Å²) in [6.45, 7) is 4.73. The number of rotatable bonds is 9. The topological polar surface area (TPSA) is 191 Å². The molecule has 0 saturated heterocycles. The number of hydrogen-bond donors (Lipinski definition) is 3. The molecule has 0 aliphatic rings. The van der Waals surface area contributed by atoms with Crippen LogP contribution in [0.2, 0.25) is 0 Å². The number of benzene rings is 6. The zero-order valence-electron chi connectivity index (χ0n) is 26.5. The van der Waals surface area contributed by atoms with Crippen molar-refractivity contribution in [3.05, 3.63) is 114 Å². The molecule has 258 valence electrons. The van der Waals surface area contributed by atoms with E-state index < -0.39 is 41.0 Å². The van der Waals surface area contributed by atoms with Gasteiger partial charge in [-0.1, -0.05) is 42.5 Å². The minimum Gasteiger partial charge on any atom is -0.508 e. The average Bonchev–Trinajstić information content (AvgIpc) is 3.04. The smallest absolute Gasteiger partial charge is 0.339 e. The molecule has 50 heavy (non-hydrogen) atoms. The first-order chi connectivity index (χ1) is 23.5. The Kier molecular flexibility index (Phi) is 8.54. The molecule has 0 aliphatic carbocycles. The third kappa shape index (κ3) is 6.45. The van der Waals surface area contributed by atoms with E-state index in [9.17, 15) is 40.6 Å². The Morgan fingerprint density at radius 3 is 1.36 bits per heavy atom. The molecule has 0 atom stereocenters. The van der Waals surface area contributed by atoms with Crippen LogP contribution in [0.15, 0.2) is 112 Å². The van der Waals surface area contributed by atoms with Crippen LogP contribution in [0.4, 0.5) is 0 Å². The van der Waals surface area contributed by atoms with Gasteiger partial charge in [0.2, 0.25) is 0 Å². The molecule has 0 aromatic heterocycles. The molecule has 0 aliphatic heterocycles. The second kappa shape index (κ2) is 12.4. The van der Waals surface area contributed by atoms with Crippen molar-refractivity contribution in [1.29, 1.82) is 0 Å². The lowest BCUT2D eigenvalue weighted by molar-refractivity contribution is 0.463. The van der Waals surface area contributed by atoms with Gasteiger partial charge in [-0.15, -0.1) is 0 Å². The van der Waals surface area contributed by atoms with E-state index in [2.05, 4.69) is 0 Å². The van der Waals surface area contributed by atoms with Crippen molar-refractivity contribution in [3.63, 3.8) is 0 Å². The van der Waals surface area contributed by atoms with E-state index in [4.69, 9.17) is 12.5 Å². The first-order valence-corrected chi connectivity index (χ1v) is 18.9. The molecule has 6 aromatic rings. The first-order valence-electron chi connectivity index (χ1n) is 14.7. The number of hydrogen-bond acceptors (Lipinski definition) is 12. The number of phenols is 3. The van der Waals surface area contributed by atoms with Crippen molar-refractivity contribution in [2.24, 2.45) is 0 Å². The predicted molar refractivity (Wildman–Crippen MR) is 183 cm³/mol. The lowest BCUT2D eigenvalue weighted by Gasteiger charge is -2.18. The molecule has 0 saturated carbocycles. The summed E-state index contributed by atoms with van der Waals surface area (Å²) in [4.78, 5) is -1.16. The Hall–Kier alpha value is -5.51. The Bertz CT molecular complexity index is 2690. The van der Waals surface area contributed by atoms with Crippen LogP contribution in [-0.2, 0) is 30.4 Å². The van der Waals surface area contributed by atoms with Crippen molar-refractivity contribution < 1.29 is 53.1 Å². The molecule has 0 fully saturated rings. The first kappa shape index (κ1) is 34.4. The molecule has 0 bridgehead atoms. The van der Waals surface area contributed by atoms with E-state index >= 15 is 0 Å². The van der Waals surface area contributed by atoms with Crippen molar-refractivity contribution in [2.45, 2.75) is 35.5 Å². The lowest BCUT2D eigenvalue weighted by Crippen LogP contribution is -2.13. The Labute approximate surface area is 287 Å². The molecule has 6 rings (SSSR count). The maximum absolute atomic E-state index is 13.7. The van der Waals surface area contributed by atoms with Gasteiger partial charge in [-0.3, -0.25) is 0 Å². The summed E-state index contributed by atoms with van der Waals surface area (Å²) in [6.07, 6.45) is 0. The summed E-state index contributed by atoms with van der Waals surface area (Å²) >= 11 is 0. The molecule has 6 aromatic carbocycles. The fraction of sp³-hybridized carbons (Fsp3) is 0.0857. The minimum atomic E-state index is -4.74. The van der Waals surface area contributed by atoms with Crippen LogP contribution < -0.4 is 12.5 Å². The van der Waals surface area contributed by atoms with E-state index in [-0.39, 0.29) is 60.1 Å². The second-order valence-electron chi connectivity index (χ2n) is 11.4. The molecule has 12 nitrogen and oxygen atoms in total. The summed E-state index contributed by atoms with van der Waals surface area (Å²) in [6, 6.07) is 20.6. The third-order valence-electron chi connectivity index (χ3n) is 7.90.